The van der Waals surface area contributed by atoms with Crippen LogP contribution in [0, 0.1) is 5.92 Å². The number of rotatable bonds is 7. The van der Waals surface area contributed by atoms with Gasteiger partial charge in [-0.3, -0.25) is 4.79 Å². The molecule has 4 rings (SSSR count). The van der Waals surface area contributed by atoms with Gasteiger partial charge in [0.2, 0.25) is 5.88 Å². The van der Waals surface area contributed by atoms with Crippen LogP contribution in [0.1, 0.15) is 56.2 Å². The average molecular weight is 512 g/mol. The van der Waals surface area contributed by atoms with E-state index < -0.39 is 41.7 Å². The first kappa shape index (κ1) is 25.7. The lowest BCUT2D eigenvalue weighted by Crippen LogP contribution is -2.41. The van der Waals surface area contributed by atoms with E-state index in [1.807, 2.05) is 0 Å². The number of hydrogen-bond acceptors (Lipinski definition) is 7. The van der Waals surface area contributed by atoms with Crippen LogP contribution in [0.4, 0.5) is 18.0 Å². The quantitative estimate of drug-likeness (QED) is 0.592. The fraction of sp³-hybridized carbons (Fsp3) is 0.609. The number of aliphatic carboxylic acids is 1. The molecule has 2 aliphatic rings. The van der Waals surface area contributed by atoms with E-state index in [1.54, 1.807) is 14.1 Å². The van der Waals surface area contributed by atoms with Gasteiger partial charge in [-0.15, -0.1) is 5.10 Å². The highest BCUT2D eigenvalue weighted by Crippen LogP contribution is 2.39. The van der Waals surface area contributed by atoms with Gasteiger partial charge in [0.1, 0.15) is 29.7 Å². The van der Waals surface area contributed by atoms with Crippen LogP contribution in [-0.4, -0.2) is 61.2 Å². The first-order valence-electron chi connectivity index (χ1n) is 11.8. The molecule has 0 saturated heterocycles. The average Bonchev–Trinajstić information content (AvgIpc) is 3.16. The maximum absolute atomic E-state index is 13.9. The number of carbonyl (C=O) groups excluding carboxylic acids is 1. The van der Waals surface area contributed by atoms with Crippen LogP contribution >= 0.6 is 0 Å². The number of amides is 1. The Balaban J connectivity index is 1.54. The van der Waals surface area contributed by atoms with Crippen molar-refractivity contribution in [3.63, 3.8) is 0 Å². The van der Waals surface area contributed by atoms with Crippen LogP contribution in [-0.2, 0) is 29.4 Å². The van der Waals surface area contributed by atoms with Crippen molar-refractivity contribution in [1.29, 1.82) is 0 Å². The van der Waals surface area contributed by atoms with E-state index >= 15 is 0 Å². The van der Waals surface area contributed by atoms with E-state index in [-0.39, 0.29) is 30.3 Å². The molecule has 0 spiro atoms. The predicted octanol–water partition coefficient (Wildman–Crippen LogP) is 4.04. The minimum atomic E-state index is -4.78. The highest BCUT2D eigenvalue weighted by Gasteiger charge is 2.38. The molecule has 2 atom stereocenters. The third kappa shape index (κ3) is 5.54. The number of aromatic nitrogens is 4. The number of carbonyl (C=O) groups is 2. The molecule has 2 fully saturated rings. The zero-order valence-corrected chi connectivity index (χ0v) is 20.0. The topological polar surface area (TPSA) is 120 Å². The van der Waals surface area contributed by atoms with Gasteiger partial charge in [-0.05, 0) is 51.0 Å². The van der Waals surface area contributed by atoms with Crippen molar-refractivity contribution in [1.82, 2.24) is 24.9 Å². The number of aryl methyl sites for hydroxylation is 1. The molecule has 0 aliphatic heterocycles. The highest BCUT2D eigenvalue weighted by molar-refractivity contribution is 5.70. The minimum Gasteiger partial charge on any atom is -0.481 e. The largest absolute Gasteiger partial charge is 0.481 e. The van der Waals surface area contributed by atoms with Gasteiger partial charge >= 0.3 is 18.2 Å². The molecule has 2 aromatic rings. The number of pyridine rings is 1. The summed E-state index contributed by atoms with van der Waals surface area (Å²) in [5.74, 6) is -2.26. The van der Waals surface area contributed by atoms with E-state index in [0.29, 0.717) is 25.0 Å². The van der Waals surface area contributed by atoms with Crippen LogP contribution in [0.5, 0.6) is 5.88 Å². The third-order valence-electron chi connectivity index (χ3n) is 6.87. The van der Waals surface area contributed by atoms with Gasteiger partial charge in [-0.2, -0.15) is 13.2 Å². The Morgan fingerprint density at radius 2 is 1.94 bits per heavy atom. The number of nitrogens with zero attached hydrogens (tertiary/aromatic N) is 5. The SMILES string of the molecule is CN(C(=O)OCc1c(-c2cnc(O[C@H]3CCC[C@H](C(=O)O)C3)c(C(F)(F)F)c2)nnn1C)C1CCC1. The molecule has 0 bridgehead atoms. The zero-order chi connectivity index (χ0) is 26.0. The summed E-state index contributed by atoms with van der Waals surface area (Å²) in [4.78, 5) is 29.1. The summed E-state index contributed by atoms with van der Waals surface area (Å²) in [7, 11) is 3.20. The Labute approximate surface area is 205 Å². The second-order valence-corrected chi connectivity index (χ2v) is 9.27. The highest BCUT2D eigenvalue weighted by atomic mass is 19.4. The molecule has 2 saturated carbocycles. The summed E-state index contributed by atoms with van der Waals surface area (Å²) < 4.78 is 54.1. The van der Waals surface area contributed by atoms with E-state index in [2.05, 4.69) is 15.3 Å². The van der Waals surface area contributed by atoms with Crippen LogP contribution in [0.25, 0.3) is 11.3 Å². The van der Waals surface area contributed by atoms with Crippen molar-refractivity contribution in [3.8, 4) is 17.1 Å². The van der Waals surface area contributed by atoms with Crippen LogP contribution in [0.3, 0.4) is 0 Å². The molecule has 2 aromatic heterocycles. The van der Waals surface area contributed by atoms with E-state index in [1.165, 1.54) is 15.8 Å². The maximum atomic E-state index is 13.9. The summed E-state index contributed by atoms with van der Waals surface area (Å²) in [6.45, 7) is -0.229. The van der Waals surface area contributed by atoms with Crippen molar-refractivity contribution >= 4 is 12.1 Å². The molecule has 10 nitrogen and oxygen atoms in total. The molecule has 196 valence electrons. The molecule has 36 heavy (non-hydrogen) atoms. The van der Waals surface area contributed by atoms with Gasteiger partial charge in [0, 0.05) is 31.9 Å². The summed E-state index contributed by atoms with van der Waals surface area (Å²) in [5, 5.41) is 17.1. The van der Waals surface area contributed by atoms with Gasteiger partial charge in [-0.1, -0.05) is 5.21 Å². The Morgan fingerprint density at radius 3 is 2.58 bits per heavy atom. The van der Waals surface area contributed by atoms with E-state index in [4.69, 9.17) is 9.47 Å². The predicted molar refractivity (Wildman–Crippen MR) is 119 cm³/mol. The Kier molecular flexibility index (Phi) is 7.36. The van der Waals surface area contributed by atoms with Gasteiger partial charge in [0.05, 0.1) is 5.92 Å². The van der Waals surface area contributed by atoms with Crippen LogP contribution < -0.4 is 4.74 Å². The monoisotopic (exact) mass is 511 g/mol. The zero-order valence-electron chi connectivity index (χ0n) is 20.0. The Bertz CT molecular complexity index is 1120. The molecule has 0 radical (unpaired) electrons. The third-order valence-corrected chi connectivity index (χ3v) is 6.87. The van der Waals surface area contributed by atoms with E-state index in [0.717, 1.165) is 25.3 Å². The van der Waals surface area contributed by atoms with E-state index in [9.17, 15) is 27.9 Å². The summed E-state index contributed by atoms with van der Waals surface area (Å²) in [6.07, 6.45) is -0.377. The number of alkyl halides is 3. The Hall–Kier alpha value is -3.38. The molecule has 1 amide bonds. The summed E-state index contributed by atoms with van der Waals surface area (Å²) >= 11 is 0. The molecule has 2 heterocycles. The van der Waals surface area contributed by atoms with Crippen LogP contribution in [0.2, 0.25) is 0 Å². The van der Waals surface area contributed by atoms with Crippen molar-refractivity contribution in [3.05, 3.63) is 23.5 Å². The molecule has 2 aliphatic carbocycles. The lowest BCUT2D eigenvalue weighted by Gasteiger charge is -2.33. The fourth-order valence-corrected chi connectivity index (χ4v) is 4.43. The van der Waals surface area contributed by atoms with Crippen LogP contribution in [0.15, 0.2) is 12.3 Å². The fourth-order valence-electron chi connectivity index (χ4n) is 4.43. The van der Waals surface area contributed by atoms with Gasteiger partial charge in [-0.25, -0.2) is 14.5 Å². The number of carboxylic acid groups (broad SMARTS) is 1. The van der Waals surface area contributed by atoms with Crippen molar-refractivity contribution < 1.29 is 37.3 Å². The van der Waals surface area contributed by atoms with Gasteiger partial charge in [0.15, 0.2) is 0 Å². The number of hydrogen-bond donors (Lipinski definition) is 1. The van der Waals surface area contributed by atoms with Crippen molar-refractivity contribution in [2.24, 2.45) is 13.0 Å². The second kappa shape index (κ2) is 10.3. The summed E-state index contributed by atoms with van der Waals surface area (Å²) in [5.41, 5.74) is -0.653. The number of carboxylic acids is 1. The second-order valence-electron chi connectivity index (χ2n) is 9.27. The molecule has 13 heteroatoms. The molecular weight excluding hydrogens is 483 g/mol. The molecular formula is C23H28F3N5O5. The van der Waals surface area contributed by atoms with Crippen molar-refractivity contribution in [2.75, 3.05) is 7.05 Å². The Morgan fingerprint density at radius 1 is 1.22 bits per heavy atom. The molecule has 0 unspecified atom stereocenters. The van der Waals surface area contributed by atoms with Gasteiger partial charge < -0.3 is 19.5 Å². The van der Waals surface area contributed by atoms with Crippen molar-refractivity contribution in [2.45, 2.75) is 69.9 Å². The minimum absolute atomic E-state index is 0.0354. The maximum Gasteiger partial charge on any atom is 0.421 e. The molecule has 1 N–H and O–H groups in total. The first-order valence-corrected chi connectivity index (χ1v) is 11.8. The summed E-state index contributed by atoms with van der Waals surface area (Å²) in [6, 6.07) is 0.998. The smallest absolute Gasteiger partial charge is 0.421 e. The lowest BCUT2D eigenvalue weighted by molar-refractivity contribution is -0.145. The molecule has 0 aromatic carbocycles. The normalized spacial score (nSPS) is 20.5. The lowest BCUT2D eigenvalue weighted by atomic mass is 9.87. The number of halogens is 3. The standard InChI is InChI=1S/C23H28F3N5O5/c1-30(15-6-4-7-15)22(34)35-12-18-19(28-29-31(18)2)14-10-17(23(24,25)26)20(27-11-14)36-16-8-3-5-13(9-16)21(32)33/h10-11,13,15-16H,3-9,12H2,1-2H3,(H,32,33)/t13-,16-/m0/s1. The first-order chi connectivity index (χ1) is 17.0. The van der Waals surface area contributed by atoms with Gasteiger partial charge in [0.25, 0.3) is 0 Å². The number of ether oxygens (including phenoxy) is 2.